The molecule has 102 valence electrons. The molecule has 0 atom stereocenters. The predicted octanol–water partition coefficient (Wildman–Crippen LogP) is 3.31. The summed E-state index contributed by atoms with van der Waals surface area (Å²) in [5.74, 6) is 0. The van der Waals surface area contributed by atoms with Crippen LogP contribution in [0.1, 0.15) is 5.56 Å². The second-order valence-electron chi connectivity index (χ2n) is 4.37. The van der Waals surface area contributed by atoms with Crippen LogP contribution in [-0.2, 0) is 6.18 Å². The zero-order valence-corrected chi connectivity index (χ0v) is 10.1. The molecule has 1 aromatic carbocycles. The molecule has 2 aromatic heterocycles. The van der Waals surface area contributed by atoms with Gasteiger partial charge in [0.2, 0.25) is 0 Å². The van der Waals surface area contributed by atoms with Gasteiger partial charge in [-0.25, -0.2) is 0 Å². The average Bonchev–Trinajstić information content (AvgIpc) is 2.83. The van der Waals surface area contributed by atoms with Crippen LogP contribution in [0.3, 0.4) is 0 Å². The van der Waals surface area contributed by atoms with E-state index in [-0.39, 0.29) is 5.56 Å². The normalized spacial score (nSPS) is 11.9. The van der Waals surface area contributed by atoms with Gasteiger partial charge in [-0.2, -0.15) is 13.2 Å². The van der Waals surface area contributed by atoms with Gasteiger partial charge >= 0.3 is 6.18 Å². The number of nitrogens with zero attached hydrogens (tertiary/aromatic N) is 1. The molecule has 3 aromatic rings. The zero-order valence-electron chi connectivity index (χ0n) is 10.1. The summed E-state index contributed by atoms with van der Waals surface area (Å²) in [5, 5.41) is 0. The maximum atomic E-state index is 12.7. The van der Waals surface area contributed by atoms with E-state index in [0.717, 1.165) is 12.1 Å². The Balaban J connectivity index is 2.16. The van der Waals surface area contributed by atoms with E-state index < -0.39 is 11.7 Å². The Morgan fingerprint density at radius 1 is 1.05 bits per heavy atom. The average molecular weight is 278 g/mol. The number of fused-ring (bicyclic) bond motifs is 1. The van der Waals surface area contributed by atoms with Gasteiger partial charge in [-0.15, -0.1) is 0 Å². The fraction of sp³-hybridized carbons (Fsp3) is 0.0714. The van der Waals surface area contributed by atoms with Crippen LogP contribution in [0.25, 0.3) is 16.9 Å². The van der Waals surface area contributed by atoms with E-state index >= 15 is 0 Å². The van der Waals surface area contributed by atoms with Crippen LogP contribution in [0.5, 0.6) is 0 Å². The van der Waals surface area contributed by atoms with Crippen LogP contribution in [0.2, 0.25) is 0 Å². The number of alkyl halides is 3. The minimum Gasteiger partial charge on any atom is -0.340 e. The highest BCUT2D eigenvalue weighted by molar-refractivity contribution is 5.63. The van der Waals surface area contributed by atoms with Crippen molar-refractivity contribution in [1.82, 2.24) is 9.38 Å². The Bertz CT molecular complexity index is 830. The van der Waals surface area contributed by atoms with Crippen molar-refractivity contribution in [1.29, 1.82) is 0 Å². The highest BCUT2D eigenvalue weighted by Gasteiger charge is 2.30. The maximum absolute atomic E-state index is 12.7. The predicted molar refractivity (Wildman–Crippen MR) is 68.5 cm³/mol. The van der Waals surface area contributed by atoms with E-state index in [1.165, 1.54) is 22.7 Å². The number of rotatable bonds is 1. The molecule has 0 aliphatic carbocycles. The van der Waals surface area contributed by atoms with Gasteiger partial charge in [0, 0.05) is 17.8 Å². The summed E-state index contributed by atoms with van der Waals surface area (Å²) >= 11 is 0. The smallest absolute Gasteiger partial charge is 0.340 e. The lowest BCUT2D eigenvalue weighted by Crippen LogP contribution is -2.08. The van der Waals surface area contributed by atoms with E-state index in [4.69, 9.17) is 0 Å². The first-order valence-electron chi connectivity index (χ1n) is 5.83. The number of aromatic nitrogens is 2. The van der Waals surface area contributed by atoms with Crippen LogP contribution in [0.4, 0.5) is 13.2 Å². The number of nitrogens with one attached hydrogen (secondary N) is 1. The third-order valence-corrected chi connectivity index (χ3v) is 3.01. The minimum absolute atomic E-state index is 0.239. The van der Waals surface area contributed by atoms with Crippen LogP contribution in [0.15, 0.2) is 53.5 Å². The van der Waals surface area contributed by atoms with Crippen molar-refractivity contribution in [3.05, 3.63) is 64.6 Å². The fourth-order valence-electron chi connectivity index (χ4n) is 2.05. The molecule has 0 bridgehead atoms. The molecule has 20 heavy (non-hydrogen) atoms. The number of H-pyrrole nitrogens is 1. The molecular weight excluding hydrogens is 269 g/mol. The van der Waals surface area contributed by atoms with E-state index in [0.29, 0.717) is 16.9 Å². The van der Waals surface area contributed by atoms with Crippen LogP contribution in [0, 0.1) is 0 Å². The van der Waals surface area contributed by atoms with Crippen molar-refractivity contribution >= 4 is 5.65 Å². The molecule has 0 radical (unpaired) electrons. The van der Waals surface area contributed by atoms with Crippen molar-refractivity contribution in [2.45, 2.75) is 6.18 Å². The monoisotopic (exact) mass is 278 g/mol. The van der Waals surface area contributed by atoms with Gasteiger partial charge in [-0.1, -0.05) is 18.2 Å². The van der Waals surface area contributed by atoms with Gasteiger partial charge in [0.25, 0.3) is 5.56 Å². The third-order valence-electron chi connectivity index (χ3n) is 3.01. The largest absolute Gasteiger partial charge is 0.416 e. The summed E-state index contributed by atoms with van der Waals surface area (Å²) < 4.78 is 39.4. The number of pyridine rings is 1. The van der Waals surface area contributed by atoms with E-state index in [1.54, 1.807) is 18.2 Å². The summed E-state index contributed by atoms with van der Waals surface area (Å²) in [6, 6.07) is 9.62. The lowest BCUT2D eigenvalue weighted by atomic mass is 10.1. The SMILES string of the molecule is O=c1cccc2[nH]c(-c3cccc(C(F)(F)F)c3)cn12. The Morgan fingerprint density at radius 2 is 1.80 bits per heavy atom. The maximum Gasteiger partial charge on any atom is 0.416 e. The molecule has 1 N–H and O–H groups in total. The first kappa shape index (κ1) is 12.5. The highest BCUT2D eigenvalue weighted by atomic mass is 19.4. The van der Waals surface area contributed by atoms with Gasteiger partial charge in [-0.3, -0.25) is 9.20 Å². The molecule has 0 amide bonds. The summed E-state index contributed by atoms with van der Waals surface area (Å²) in [5.41, 5.74) is 0.408. The molecule has 3 nitrogen and oxygen atoms in total. The van der Waals surface area contributed by atoms with Crippen LogP contribution < -0.4 is 5.56 Å². The number of halogens is 3. The molecule has 0 aliphatic heterocycles. The van der Waals surface area contributed by atoms with Crippen molar-refractivity contribution < 1.29 is 13.2 Å². The lowest BCUT2D eigenvalue weighted by Gasteiger charge is -2.07. The van der Waals surface area contributed by atoms with Crippen LogP contribution in [-0.4, -0.2) is 9.38 Å². The van der Waals surface area contributed by atoms with Gasteiger partial charge in [-0.05, 0) is 18.2 Å². The van der Waals surface area contributed by atoms with Gasteiger partial charge in [0.15, 0.2) is 0 Å². The summed E-state index contributed by atoms with van der Waals surface area (Å²) in [4.78, 5) is 14.5. The van der Waals surface area contributed by atoms with Gasteiger partial charge < -0.3 is 4.98 Å². The Hall–Kier alpha value is -2.50. The van der Waals surface area contributed by atoms with Crippen molar-refractivity contribution in [2.75, 3.05) is 0 Å². The first-order valence-corrected chi connectivity index (χ1v) is 5.83. The van der Waals surface area contributed by atoms with E-state index in [9.17, 15) is 18.0 Å². The molecule has 0 unspecified atom stereocenters. The molecule has 6 heteroatoms. The Labute approximate surface area is 111 Å². The molecule has 0 aliphatic rings. The minimum atomic E-state index is -4.39. The number of aromatic amines is 1. The topological polar surface area (TPSA) is 37.3 Å². The second kappa shape index (κ2) is 4.26. The highest BCUT2D eigenvalue weighted by Crippen LogP contribution is 2.31. The Morgan fingerprint density at radius 3 is 2.50 bits per heavy atom. The molecule has 0 saturated heterocycles. The molecule has 0 fully saturated rings. The van der Waals surface area contributed by atoms with Gasteiger partial charge in [0.05, 0.1) is 11.3 Å². The lowest BCUT2D eigenvalue weighted by molar-refractivity contribution is -0.137. The third kappa shape index (κ3) is 2.09. The number of imidazole rings is 1. The molecule has 0 spiro atoms. The number of hydrogen-bond acceptors (Lipinski definition) is 1. The molecule has 3 rings (SSSR count). The Kier molecular flexibility index (Phi) is 2.67. The standard InChI is InChI=1S/C14H9F3N2O/c15-14(16,17)10-4-1-3-9(7-10)11-8-19-12(18-11)5-2-6-13(19)20/h1-8,18H. The molecule has 0 saturated carbocycles. The molecular formula is C14H9F3N2O. The van der Waals surface area contributed by atoms with Crippen molar-refractivity contribution in [3.63, 3.8) is 0 Å². The van der Waals surface area contributed by atoms with E-state index in [1.807, 2.05) is 0 Å². The first-order chi connectivity index (χ1) is 9.45. The quantitative estimate of drug-likeness (QED) is 0.728. The fourth-order valence-corrected chi connectivity index (χ4v) is 2.05. The second-order valence-corrected chi connectivity index (χ2v) is 4.37. The van der Waals surface area contributed by atoms with Crippen molar-refractivity contribution in [3.8, 4) is 11.3 Å². The van der Waals surface area contributed by atoms with Crippen LogP contribution >= 0.6 is 0 Å². The summed E-state index contributed by atoms with van der Waals surface area (Å²) in [6.45, 7) is 0. The summed E-state index contributed by atoms with van der Waals surface area (Å²) in [7, 11) is 0. The molecule has 2 heterocycles. The van der Waals surface area contributed by atoms with E-state index in [2.05, 4.69) is 4.98 Å². The summed E-state index contributed by atoms with van der Waals surface area (Å²) in [6.07, 6.45) is -2.90. The zero-order chi connectivity index (χ0) is 14.3. The van der Waals surface area contributed by atoms with Gasteiger partial charge in [0.1, 0.15) is 5.65 Å². The van der Waals surface area contributed by atoms with Crippen molar-refractivity contribution in [2.24, 2.45) is 0 Å². The number of benzene rings is 1. The number of hydrogen-bond donors (Lipinski definition) is 1.